The van der Waals surface area contributed by atoms with Crippen LogP contribution in [0.15, 0.2) is 30.3 Å². The first-order chi connectivity index (χ1) is 16.8. The smallest absolute Gasteiger partial charge is 0.431 e. The Morgan fingerprint density at radius 1 is 1.03 bits per heavy atom. The van der Waals surface area contributed by atoms with Gasteiger partial charge in [0.15, 0.2) is 12.2 Å². The summed E-state index contributed by atoms with van der Waals surface area (Å²) in [5.41, 5.74) is 0.219. The van der Waals surface area contributed by atoms with Gasteiger partial charge >= 0.3 is 39.2 Å². The standard InChI is InChI=1S/C21H20F4O10S/c22-20(23,21(24,25)36(29,30)31)8-4-5-9-32-18(27)11-12-14-16(35-19(12)28)15(13(11)33-14)34-17(26)10-6-2-1-3-7-10/h1-3,6-7,11-16H,4-5,8-9H2,(H,29,30,31). The van der Waals surface area contributed by atoms with Crippen molar-refractivity contribution in [2.45, 2.75) is 54.9 Å². The van der Waals surface area contributed by atoms with E-state index >= 15 is 0 Å². The third-order valence-corrected chi connectivity index (χ3v) is 7.26. The molecule has 2 bridgehead atoms. The van der Waals surface area contributed by atoms with E-state index in [-0.39, 0.29) is 12.0 Å². The molecule has 198 valence electrons. The summed E-state index contributed by atoms with van der Waals surface area (Å²) in [5, 5.41) is -5.68. The van der Waals surface area contributed by atoms with Crippen molar-refractivity contribution in [2.24, 2.45) is 11.8 Å². The number of ether oxygens (including phenoxy) is 4. The minimum absolute atomic E-state index is 0.219. The molecule has 0 radical (unpaired) electrons. The monoisotopic (exact) mass is 540 g/mol. The van der Waals surface area contributed by atoms with Crippen molar-refractivity contribution in [3.63, 3.8) is 0 Å². The van der Waals surface area contributed by atoms with Crippen LogP contribution in [0.25, 0.3) is 0 Å². The average molecular weight is 540 g/mol. The van der Waals surface area contributed by atoms with Gasteiger partial charge in [-0.1, -0.05) is 18.2 Å². The molecule has 3 saturated heterocycles. The largest absolute Gasteiger partial charge is 0.465 e. The summed E-state index contributed by atoms with van der Waals surface area (Å²) in [5.74, 6) is -9.72. The number of alkyl halides is 4. The van der Waals surface area contributed by atoms with Crippen LogP contribution in [0, 0.1) is 11.8 Å². The summed E-state index contributed by atoms with van der Waals surface area (Å²) in [6.07, 6.45) is -6.55. The topological polar surface area (TPSA) is 142 Å². The number of esters is 3. The van der Waals surface area contributed by atoms with Crippen molar-refractivity contribution in [3.05, 3.63) is 35.9 Å². The Hall–Kier alpha value is -2.78. The van der Waals surface area contributed by atoms with Gasteiger partial charge in [0.2, 0.25) is 0 Å². The molecule has 3 aliphatic heterocycles. The zero-order valence-electron chi connectivity index (χ0n) is 18.2. The van der Waals surface area contributed by atoms with Crippen molar-refractivity contribution in [1.82, 2.24) is 0 Å². The number of rotatable bonds is 10. The van der Waals surface area contributed by atoms with Crippen LogP contribution in [0.3, 0.4) is 0 Å². The number of unbranched alkanes of at least 4 members (excludes halogenated alkanes) is 1. The van der Waals surface area contributed by atoms with Crippen LogP contribution in [0.5, 0.6) is 0 Å². The molecule has 3 fully saturated rings. The van der Waals surface area contributed by atoms with E-state index in [1.54, 1.807) is 18.2 Å². The van der Waals surface area contributed by atoms with Gasteiger partial charge in [-0.2, -0.15) is 26.0 Å². The SMILES string of the molecule is O=C(OC1C2OC(=O)C3C2OC1C3C(=O)OCCCCC(F)(F)C(F)(F)S(=O)(=O)O)c1ccccc1. The highest BCUT2D eigenvalue weighted by molar-refractivity contribution is 7.87. The predicted molar refractivity (Wildman–Crippen MR) is 107 cm³/mol. The van der Waals surface area contributed by atoms with Crippen LogP contribution in [0.2, 0.25) is 0 Å². The number of carbonyl (C=O) groups is 3. The second-order valence-electron chi connectivity index (χ2n) is 8.58. The lowest BCUT2D eigenvalue weighted by atomic mass is 9.78. The summed E-state index contributed by atoms with van der Waals surface area (Å²) in [6.45, 7) is -0.514. The van der Waals surface area contributed by atoms with E-state index < -0.39 is 94.9 Å². The van der Waals surface area contributed by atoms with Gasteiger partial charge in [-0.3, -0.25) is 14.1 Å². The number of hydrogen-bond donors (Lipinski definition) is 1. The second-order valence-corrected chi connectivity index (χ2v) is 10.0. The Labute approximate surface area is 201 Å². The number of halogens is 4. The fourth-order valence-electron chi connectivity index (χ4n) is 4.56. The molecular formula is C21H20F4O10S. The highest BCUT2D eigenvalue weighted by atomic mass is 32.2. The maximum atomic E-state index is 13.5. The lowest BCUT2D eigenvalue weighted by molar-refractivity contribution is -0.165. The normalized spacial score (nSPS) is 29.2. The summed E-state index contributed by atoms with van der Waals surface area (Å²) in [7, 11) is -6.34. The van der Waals surface area contributed by atoms with Gasteiger partial charge in [0.05, 0.1) is 12.2 Å². The van der Waals surface area contributed by atoms with Crippen LogP contribution in [0.4, 0.5) is 17.6 Å². The maximum absolute atomic E-state index is 13.5. The molecule has 1 aromatic rings. The van der Waals surface area contributed by atoms with E-state index in [0.717, 1.165) is 0 Å². The molecule has 0 saturated carbocycles. The molecule has 0 amide bonds. The van der Waals surface area contributed by atoms with Crippen molar-refractivity contribution < 1.29 is 63.9 Å². The van der Waals surface area contributed by atoms with Gasteiger partial charge in [-0.25, -0.2) is 4.79 Å². The first kappa shape index (κ1) is 26.3. The molecule has 4 rings (SSSR count). The number of carbonyl (C=O) groups excluding carboxylic acids is 3. The highest BCUT2D eigenvalue weighted by Gasteiger charge is 2.72. The van der Waals surface area contributed by atoms with E-state index in [1.165, 1.54) is 12.1 Å². The van der Waals surface area contributed by atoms with E-state index in [4.69, 9.17) is 23.5 Å². The fraction of sp³-hybridized carbons (Fsp3) is 0.571. The van der Waals surface area contributed by atoms with E-state index in [1.807, 2.05) is 0 Å². The zero-order valence-corrected chi connectivity index (χ0v) is 19.0. The van der Waals surface area contributed by atoms with Crippen molar-refractivity contribution in [2.75, 3.05) is 6.61 Å². The van der Waals surface area contributed by atoms with Crippen LogP contribution in [0.1, 0.15) is 29.6 Å². The van der Waals surface area contributed by atoms with Crippen molar-refractivity contribution in [1.29, 1.82) is 0 Å². The zero-order chi connectivity index (χ0) is 26.5. The summed E-state index contributed by atoms with van der Waals surface area (Å²) in [6, 6.07) is 7.91. The van der Waals surface area contributed by atoms with E-state index in [9.17, 15) is 40.4 Å². The van der Waals surface area contributed by atoms with Crippen molar-refractivity contribution in [3.8, 4) is 0 Å². The van der Waals surface area contributed by atoms with Gasteiger partial charge < -0.3 is 18.9 Å². The van der Waals surface area contributed by atoms with Gasteiger partial charge in [0, 0.05) is 6.42 Å². The summed E-state index contributed by atoms with van der Waals surface area (Å²) >= 11 is 0. The molecule has 10 nitrogen and oxygen atoms in total. The molecule has 15 heteroatoms. The first-order valence-corrected chi connectivity index (χ1v) is 12.2. The quantitative estimate of drug-likeness (QED) is 0.154. The lowest BCUT2D eigenvalue weighted by Gasteiger charge is -2.27. The van der Waals surface area contributed by atoms with Gasteiger partial charge in [0.1, 0.15) is 24.0 Å². The maximum Gasteiger partial charge on any atom is 0.431 e. The second kappa shape index (κ2) is 9.27. The highest BCUT2D eigenvalue weighted by Crippen LogP contribution is 2.51. The van der Waals surface area contributed by atoms with E-state index in [2.05, 4.69) is 0 Å². The minimum Gasteiger partial charge on any atom is -0.465 e. The molecule has 6 atom stereocenters. The van der Waals surface area contributed by atoms with Gasteiger partial charge in [-0.15, -0.1) is 0 Å². The molecule has 0 spiro atoms. The van der Waals surface area contributed by atoms with Crippen LogP contribution in [-0.4, -0.2) is 73.1 Å². The Morgan fingerprint density at radius 2 is 1.69 bits per heavy atom. The Morgan fingerprint density at radius 3 is 2.33 bits per heavy atom. The Kier molecular flexibility index (Phi) is 6.77. The Bertz CT molecular complexity index is 1140. The third-order valence-electron chi connectivity index (χ3n) is 6.31. The lowest BCUT2D eigenvalue weighted by Crippen LogP contribution is -2.48. The first-order valence-electron chi connectivity index (χ1n) is 10.8. The molecule has 3 heterocycles. The minimum atomic E-state index is -6.34. The third kappa shape index (κ3) is 4.43. The molecule has 1 aromatic carbocycles. The fourth-order valence-corrected chi connectivity index (χ4v) is 5.04. The van der Waals surface area contributed by atoms with Gasteiger partial charge in [-0.05, 0) is 25.0 Å². The molecule has 36 heavy (non-hydrogen) atoms. The molecule has 0 aliphatic carbocycles. The number of hydrogen-bond acceptors (Lipinski definition) is 9. The summed E-state index contributed by atoms with van der Waals surface area (Å²) < 4.78 is 104. The molecule has 6 unspecified atom stereocenters. The molecule has 1 N–H and O–H groups in total. The summed E-state index contributed by atoms with van der Waals surface area (Å²) in [4.78, 5) is 37.5. The molecule has 3 aliphatic rings. The number of fused-ring (bicyclic) bond motifs is 1. The Balaban J connectivity index is 1.33. The number of benzene rings is 1. The van der Waals surface area contributed by atoms with Crippen molar-refractivity contribution >= 4 is 28.0 Å². The van der Waals surface area contributed by atoms with Crippen LogP contribution in [-0.2, 0) is 38.7 Å². The molecule has 0 aromatic heterocycles. The average Bonchev–Trinajstić information content (AvgIpc) is 3.42. The van der Waals surface area contributed by atoms with Crippen LogP contribution >= 0.6 is 0 Å². The van der Waals surface area contributed by atoms with Crippen LogP contribution < -0.4 is 0 Å². The van der Waals surface area contributed by atoms with Gasteiger partial charge in [0.25, 0.3) is 0 Å². The predicted octanol–water partition coefficient (Wildman–Crippen LogP) is 1.98. The molecular weight excluding hydrogens is 520 g/mol. The van der Waals surface area contributed by atoms with E-state index in [0.29, 0.717) is 0 Å².